The van der Waals surface area contributed by atoms with E-state index in [1.54, 1.807) is 0 Å². The molecule has 9 aliphatic rings. The van der Waals surface area contributed by atoms with Crippen molar-refractivity contribution in [1.82, 2.24) is 26.6 Å². The van der Waals surface area contributed by atoms with Crippen LogP contribution in [0.1, 0.15) is 54.4 Å². The zero-order valence-electron chi connectivity index (χ0n) is 67.9. The van der Waals surface area contributed by atoms with Gasteiger partial charge in [0.05, 0.1) is 83.3 Å². The zero-order chi connectivity index (χ0) is 93.6. The van der Waals surface area contributed by atoms with Crippen LogP contribution < -0.4 is 26.6 Å². The molecular formula is C70H115N5O51. The molecule has 9 rings (SSSR count). The lowest BCUT2D eigenvalue weighted by Crippen LogP contribution is -2.71. The molecule has 0 aliphatic carbocycles. The average molecular weight is 1840 g/mol. The minimum absolute atomic E-state index is 0.851. The van der Waals surface area contributed by atoms with Crippen LogP contribution in [0.4, 0.5) is 0 Å². The molecule has 0 spiro atoms. The van der Waals surface area contributed by atoms with Gasteiger partial charge in [-0.15, -0.1) is 0 Å². The van der Waals surface area contributed by atoms with Crippen LogP contribution in [-0.2, 0) is 114 Å². The van der Waals surface area contributed by atoms with Crippen LogP contribution in [0, 0.1) is 0 Å². The summed E-state index contributed by atoms with van der Waals surface area (Å²) < 4.78 is 100. The second-order valence-electron chi connectivity index (χ2n) is 31.8. The molecule has 56 nitrogen and oxygen atoms in total. The molecule has 0 aromatic rings. The highest BCUT2D eigenvalue weighted by Gasteiger charge is 2.64. The minimum atomic E-state index is -3.29. The van der Waals surface area contributed by atoms with Crippen LogP contribution in [0.2, 0.25) is 0 Å². The molecule has 0 bridgehead atoms. The number of hydrogen-bond acceptors (Lipinski definition) is 49. The molecule has 5 amide bonds. The van der Waals surface area contributed by atoms with E-state index in [0.717, 1.165) is 34.6 Å². The van der Waals surface area contributed by atoms with Crippen LogP contribution in [0.15, 0.2) is 0 Å². The number of carboxylic acid groups (broad SMARTS) is 2. The Kier molecular flexibility index (Phi) is 36.8. The highest BCUT2D eigenvalue weighted by Crippen LogP contribution is 2.43. The van der Waals surface area contributed by atoms with Crippen molar-refractivity contribution in [3.63, 3.8) is 0 Å². The Morgan fingerprint density at radius 1 is 0.349 bits per heavy atom. The fourth-order valence-corrected chi connectivity index (χ4v) is 16.1. The number of hydrogen-bond donors (Lipinski definition) is 32. The van der Waals surface area contributed by atoms with E-state index >= 15 is 0 Å². The molecule has 32 N–H and O–H groups in total. The third-order valence-corrected chi connectivity index (χ3v) is 22.7. The second kappa shape index (κ2) is 44.4. The first kappa shape index (κ1) is 104. The predicted molar refractivity (Wildman–Crippen MR) is 388 cm³/mol. The summed E-state index contributed by atoms with van der Waals surface area (Å²) in [5.74, 6) is -15.3. The summed E-state index contributed by atoms with van der Waals surface area (Å²) in [6, 6.07) is -9.34. The number of aliphatic hydroxyl groups is 25. The molecule has 0 saturated carbocycles. The van der Waals surface area contributed by atoms with Crippen molar-refractivity contribution in [2.75, 3.05) is 52.9 Å². The van der Waals surface area contributed by atoms with E-state index in [1.165, 1.54) is 6.92 Å². The van der Waals surface area contributed by atoms with Gasteiger partial charge in [-0.2, -0.15) is 0 Å². The zero-order valence-corrected chi connectivity index (χ0v) is 67.9. The molecule has 0 aromatic heterocycles. The molecule has 9 fully saturated rings. The third kappa shape index (κ3) is 23.1. The van der Waals surface area contributed by atoms with Crippen molar-refractivity contribution < 1.29 is 252 Å². The molecule has 0 aromatic carbocycles. The molecule has 9 saturated heterocycles. The van der Waals surface area contributed by atoms with Gasteiger partial charge in [-0.1, -0.05) is 0 Å². The van der Waals surface area contributed by atoms with Gasteiger partial charge in [0.25, 0.3) is 11.6 Å². The SMILES string of the molecule is CC(=O)N[C@@H]1[C@@H](O[C@@H]2O[C@H](CO)[C@H](O)[C@H](O[C@]3(C(=O)O)C[C@H](O)[C@@H](NC(C)=O)[C@H]([C@H](O)[C@H](O)CO)O3)[C@H]2O)[C@@H](O)[C@@H](CO[C@@H]2O[C@H](CO)[C@@H](O[C@@H]3O[C@H](CO)[C@H](O)[C@H](O[C@@H]4O[C@H](CO)[C@@H](O[C@@H]5O[C@H](CO[C@]6(C(=O)O)C[C@H](O)[C@@H](NC(C)=O)[C@H]([C@H](O)[C@H](O)CO)O6)[C@H](O)[C@H](O)[C@H]5O)[C@H](O[C@@H]5O[C@@H](C)[C@@H](O)[C@@H](O)[C@@H]5O)[C@H]4NC(C)=O)[C@H]3O)[C@H](O)[C@H]2NC(C)=O)O[C@H]1O. The number of carbonyl (C=O) groups excluding carboxylic acids is 5. The van der Waals surface area contributed by atoms with Crippen LogP contribution >= 0.6 is 0 Å². The van der Waals surface area contributed by atoms with E-state index in [2.05, 4.69) is 26.6 Å². The maximum absolute atomic E-state index is 13.5. The Bertz CT molecular complexity index is 3560. The molecule has 56 heteroatoms. The summed E-state index contributed by atoms with van der Waals surface area (Å²) in [6.45, 7) is -3.73. The Morgan fingerprint density at radius 3 is 1.22 bits per heavy atom. The van der Waals surface area contributed by atoms with Gasteiger partial charge in [0.2, 0.25) is 29.5 Å². The summed E-state index contributed by atoms with van der Waals surface area (Å²) in [7, 11) is 0. The third-order valence-electron chi connectivity index (χ3n) is 22.7. The van der Waals surface area contributed by atoms with Crippen LogP contribution in [0.25, 0.3) is 0 Å². The van der Waals surface area contributed by atoms with E-state index in [0.29, 0.717) is 0 Å². The highest BCUT2D eigenvalue weighted by atomic mass is 16.8. The second-order valence-corrected chi connectivity index (χ2v) is 31.8. The number of carboxylic acids is 2. The number of carbonyl (C=O) groups is 7. The molecular weight excluding hydrogens is 1730 g/mol. The van der Waals surface area contributed by atoms with E-state index in [1.807, 2.05) is 0 Å². The van der Waals surface area contributed by atoms with E-state index in [9.17, 15) is 171 Å². The number of nitrogens with one attached hydrogen (secondary N) is 5. The van der Waals surface area contributed by atoms with Crippen LogP contribution in [0.3, 0.4) is 0 Å². The lowest BCUT2D eigenvalue weighted by atomic mass is 9.88. The summed E-state index contributed by atoms with van der Waals surface area (Å²) >= 11 is 0. The normalized spacial score (nSPS) is 45.7. The topological polar surface area (TPSA) is 883 Å². The number of ether oxygens (including phenoxy) is 17. The molecule has 0 unspecified atom stereocenters. The van der Waals surface area contributed by atoms with E-state index in [-0.39, 0.29) is 0 Å². The van der Waals surface area contributed by atoms with Gasteiger partial charge >= 0.3 is 11.9 Å². The first-order valence-electron chi connectivity index (χ1n) is 39.7. The predicted octanol–water partition coefficient (Wildman–Crippen LogP) is -20.5. The van der Waals surface area contributed by atoms with Gasteiger partial charge in [0.15, 0.2) is 44.0 Å². The van der Waals surface area contributed by atoms with Crippen molar-refractivity contribution in [3.8, 4) is 0 Å². The quantitative estimate of drug-likeness (QED) is 0.0280. The first-order valence-corrected chi connectivity index (χ1v) is 39.7. The Labute approximate surface area is 712 Å². The summed E-state index contributed by atoms with van der Waals surface area (Å²) in [4.78, 5) is 89.9. The van der Waals surface area contributed by atoms with Gasteiger partial charge in [0, 0.05) is 47.5 Å². The van der Waals surface area contributed by atoms with Gasteiger partial charge in [0.1, 0.15) is 201 Å². The Hall–Kier alpha value is -5.39. The van der Waals surface area contributed by atoms with Gasteiger partial charge in [-0.3, -0.25) is 24.0 Å². The van der Waals surface area contributed by atoms with Crippen molar-refractivity contribution in [2.45, 2.75) is 342 Å². The van der Waals surface area contributed by atoms with Crippen molar-refractivity contribution in [1.29, 1.82) is 0 Å². The van der Waals surface area contributed by atoms with Crippen molar-refractivity contribution in [3.05, 3.63) is 0 Å². The summed E-state index contributed by atoms with van der Waals surface area (Å²) in [5.41, 5.74) is 0. The number of rotatable bonds is 35. The highest BCUT2D eigenvalue weighted by molar-refractivity contribution is 5.78. The molecule has 47 atom stereocenters. The lowest BCUT2D eigenvalue weighted by molar-refractivity contribution is -0.392. The van der Waals surface area contributed by atoms with Crippen molar-refractivity contribution in [2.24, 2.45) is 0 Å². The fourth-order valence-electron chi connectivity index (χ4n) is 16.1. The number of aliphatic hydroxyl groups excluding tert-OH is 25. The Balaban J connectivity index is 0.950. The maximum atomic E-state index is 13.5. The summed E-state index contributed by atoms with van der Waals surface area (Å²) in [5, 5.41) is 312. The van der Waals surface area contributed by atoms with Crippen LogP contribution in [-0.4, -0.2) is 519 Å². The Morgan fingerprint density at radius 2 is 0.722 bits per heavy atom. The standard InChI is InChI=1S/C70H115N5O51/c1-17-38(91)46(99)48(101)63(112-17)122-57-37(75-22(6)86)62(117-30(14-81)53(57)120-64-49(102)47(100)41(94)32(118-64)16-111-69(67(106)107)7-23(87)33(71-18(2)82)55(124-69)39(92)25(89)9-76)123-58-42(95)27(11-78)114-65(50(58)103)119-52-29(13-80)116-61(35(45(52)98)73-20(4)84)110-15-31-44(97)54(36(60(105)113-31)74-21(5)85)121-66-51(104)59(43(96)28(12-79)115-66)126-70(68(108)109)8-24(88)34(72-19(3)83)56(125-70)40(93)26(90)10-77/h17,23-66,76-81,87-105H,7-16H2,1-6H3,(H,71,82)(H,72,83)(H,73,84)(H,74,85)(H,75,86)(H,106,107)(H,108,109)/t17-,23-,24-,25+,26+,27+,28+,29+,30+,31+,32+,33+,34+,35+,36+,37+,38+,39+,40+,41-,42-,43-,44-,45+,46+,47-,48-,49+,50+,51+,52+,53+,54+,55+,56+,57+,58-,59-,60+,61+,62-,63-,64-,65-,66-,69+,70-/m0/s1. The minimum Gasteiger partial charge on any atom is -0.477 e. The fraction of sp³-hybridized carbons (Fsp3) is 0.900. The van der Waals surface area contributed by atoms with E-state index in [4.69, 9.17) is 80.5 Å². The number of amides is 5. The number of aliphatic carboxylic acids is 2. The summed E-state index contributed by atoms with van der Waals surface area (Å²) in [6.07, 6.45) is -89.3. The molecule has 126 heavy (non-hydrogen) atoms. The molecule has 0 radical (unpaired) electrons. The monoisotopic (exact) mass is 1840 g/mol. The largest absolute Gasteiger partial charge is 0.477 e. The molecule has 9 aliphatic heterocycles. The first-order chi connectivity index (χ1) is 59.2. The maximum Gasteiger partial charge on any atom is 0.364 e. The smallest absolute Gasteiger partial charge is 0.364 e. The average Bonchev–Trinajstić information content (AvgIpc) is 0.740. The van der Waals surface area contributed by atoms with E-state index < -0.39 is 394 Å². The molecule has 9 heterocycles. The van der Waals surface area contributed by atoms with Gasteiger partial charge in [-0.05, 0) is 6.92 Å². The van der Waals surface area contributed by atoms with Crippen LogP contribution in [0.5, 0.6) is 0 Å². The van der Waals surface area contributed by atoms with Gasteiger partial charge in [-0.25, -0.2) is 9.59 Å². The lowest BCUT2D eigenvalue weighted by Gasteiger charge is -2.52. The van der Waals surface area contributed by atoms with Gasteiger partial charge < -0.3 is 245 Å². The van der Waals surface area contributed by atoms with Crippen molar-refractivity contribution >= 4 is 41.5 Å². The molecule has 726 valence electrons.